The molecule has 94 valence electrons. The molecule has 0 amide bonds. The lowest BCUT2D eigenvalue weighted by Gasteiger charge is -2.15. The Bertz CT molecular complexity index is 354. The zero-order chi connectivity index (χ0) is 12.7. The molecule has 17 heavy (non-hydrogen) atoms. The average molecular weight is 301 g/mol. The number of rotatable bonds is 6. The second-order valence-corrected chi connectivity index (χ2v) is 4.55. The third-order valence-corrected chi connectivity index (χ3v) is 2.87. The summed E-state index contributed by atoms with van der Waals surface area (Å²) in [7, 11) is 1.41. The van der Waals surface area contributed by atoms with Crippen LogP contribution in [0.2, 0.25) is 0 Å². The van der Waals surface area contributed by atoms with Gasteiger partial charge in [0.1, 0.15) is 10.6 Å². The van der Waals surface area contributed by atoms with Crippen molar-refractivity contribution in [1.82, 2.24) is 10.3 Å². The number of hydrogen-bond acceptors (Lipinski definition) is 4. The zero-order valence-corrected chi connectivity index (χ0v) is 11.7. The Balaban J connectivity index is 2.51. The number of carbonyl (C=O) groups excluding carboxylic acids is 1. The maximum Gasteiger partial charge on any atom is 0.322 e. The summed E-state index contributed by atoms with van der Waals surface area (Å²) >= 11 is 3.28. The van der Waals surface area contributed by atoms with Gasteiger partial charge in [0.15, 0.2) is 0 Å². The van der Waals surface area contributed by atoms with Crippen molar-refractivity contribution in [3.05, 3.63) is 28.5 Å². The van der Waals surface area contributed by atoms with Crippen molar-refractivity contribution in [2.45, 2.75) is 32.4 Å². The van der Waals surface area contributed by atoms with Gasteiger partial charge in [0.25, 0.3) is 0 Å². The maximum absolute atomic E-state index is 11.5. The minimum absolute atomic E-state index is 0.211. The van der Waals surface area contributed by atoms with Crippen molar-refractivity contribution in [3.8, 4) is 0 Å². The molecule has 0 radical (unpaired) electrons. The molecule has 1 aromatic rings. The highest BCUT2D eigenvalue weighted by Gasteiger charge is 2.16. The quantitative estimate of drug-likeness (QED) is 0.647. The van der Waals surface area contributed by atoms with Crippen molar-refractivity contribution < 1.29 is 9.53 Å². The number of methoxy groups -OCH3 is 1. The van der Waals surface area contributed by atoms with Crippen LogP contribution >= 0.6 is 15.9 Å². The third-order valence-electron chi connectivity index (χ3n) is 2.40. The molecule has 1 atom stereocenters. The van der Waals surface area contributed by atoms with Crippen molar-refractivity contribution >= 4 is 21.9 Å². The molecule has 0 bridgehead atoms. The number of hydrogen-bond donors (Lipinski definition) is 1. The summed E-state index contributed by atoms with van der Waals surface area (Å²) in [6, 6.07) is 3.60. The molecule has 4 nitrogen and oxygen atoms in total. The highest BCUT2D eigenvalue weighted by atomic mass is 79.9. The summed E-state index contributed by atoms with van der Waals surface area (Å²) in [6.45, 7) is 2.65. The first-order valence-electron chi connectivity index (χ1n) is 5.59. The van der Waals surface area contributed by atoms with Crippen LogP contribution in [0.15, 0.2) is 22.9 Å². The highest BCUT2D eigenvalue weighted by molar-refractivity contribution is 9.10. The molecule has 0 aromatic carbocycles. The summed E-state index contributed by atoms with van der Waals surface area (Å²) in [6.07, 6.45) is 3.49. The Morgan fingerprint density at radius 3 is 2.88 bits per heavy atom. The van der Waals surface area contributed by atoms with E-state index in [4.69, 9.17) is 4.74 Å². The SMILES string of the molecule is CCC[C@H](NCc1ccc(Br)nc1)C(=O)OC. The predicted octanol–water partition coefficient (Wildman–Crippen LogP) is 2.28. The van der Waals surface area contributed by atoms with E-state index < -0.39 is 0 Å². The van der Waals surface area contributed by atoms with E-state index in [2.05, 4.69) is 26.2 Å². The minimum Gasteiger partial charge on any atom is -0.468 e. The smallest absolute Gasteiger partial charge is 0.322 e. The van der Waals surface area contributed by atoms with Crippen LogP contribution < -0.4 is 5.32 Å². The summed E-state index contributed by atoms with van der Waals surface area (Å²) in [4.78, 5) is 15.6. The van der Waals surface area contributed by atoms with Gasteiger partial charge < -0.3 is 10.1 Å². The molecular formula is C12H17BrN2O2. The number of halogens is 1. The first-order valence-corrected chi connectivity index (χ1v) is 6.38. The van der Waals surface area contributed by atoms with Gasteiger partial charge >= 0.3 is 5.97 Å². The van der Waals surface area contributed by atoms with Gasteiger partial charge in [-0.25, -0.2) is 4.98 Å². The lowest BCUT2D eigenvalue weighted by atomic mass is 10.1. The fourth-order valence-corrected chi connectivity index (χ4v) is 1.72. The molecule has 1 heterocycles. The molecule has 0 saturated carbocycles. The number of ether oxygens (including phenoxy) is 1. The van der Waals surface area contributed by atoms with Crippen LogP contribution in [0, 0.1) is 0 Å². The van der Waals surface area contributed by atoms with E-state index in [0.29, 0.717) is 6.54 Å². The number of aromatic nitrogens is 1. The van der Waals surface area contributed by atoms with Crippen LogP contribution in [-0.4, -0.2) is 24.1 Å². The van der Waals surface area contributed by atoms with Crippen molar-refractivity contribution in [1.29, 1.82) is 0 Å². The van der Waals surface area contributed by atoms with Gasteiger partial charge in [0, 0.05) is 12.7 Å². The molecule has 1 aromatic heterocycles. The third kappa shape index (κ3) is 4.83. The second kappa shape index (κ2) is 7.40. The first-order chi connectivity index (χ1) is 8.17. The Morgan fingerprint density at radius 2 is 2.35 bits per heavy atom. The molecule has 0 aliphatic heterocycles. The van der Waals surface area contributed by atoms with E-state index in [1.165, 1.54) is 7.11 Å². The fraction of sp³-hybridized carbons (Fsp3) is 0.500. The molecule has 1 rings (SSSR count). The molecule has 0 saturated heterocycles. The molecule has 0 aliphatic carbocycles. The maximum atomic E-state index is 11.5. The lowest BCUT2D eigenvalue weighted by molar-refractivity contribution is -0.143. The van der Waals surface area contributed by atoms with E-state index in [9.17, 15) is 4.79 Å². The van der Waals surface area contributed by atoms with Gasteiger partial charge in [-0.2, -0.15) is 0 Å². The van der Waals surface area contributed by atoms with E-state index in [1.54, 1.807) is 6.20 Å². The monoisotopic (exact) mass is 300 g/mol. The number of nitrogens with zero attached hydrogens (tertiary/aromatic N) is 1. The summed E-state index contributed by atoms with van der Waals surface area (Å²) in [5.74, 6) is -0.211. The van der Waals surface area contributed by atoms with Gasteiger partial charge in [-0.1, -0.05) is 19.4 Å². The minimum atomic E-state index is -0.242. The molecular weight excluding hydrogens is 284 g/mol. The highest BCUT2D eigenvalue weighted by Crippen LogP contribution is 2.07. The van der Waals surface area contributed by atoms with E-state index in [-0.39, 0.29) is 12.0 Å². The Labute approximate surface area is 110 Å². The van der Waals surface area contributed by atoms with Crippen LogP contribution in [0.3, 0.4) is 0 Å². The molecule has 0 fully saturated rings. The predicted molar refractivity (Wildman–Crippen MR) is 69.5 cm³/mol. The standard InChI is InChI=1S/C12H17BrN2O2/c1-3-4-10(12(16)17-2)14-7-9-5-6-11(13)15-8-9/h5-6,8,10,14H,3-4,7H2,1-2H3/t10-/m0/s1. The largest absolute Gasteiger partial charge is 0.468 e. The number of pyridine rings is 1. The number of carbonyl (C=O) groups is 1. The number of nitrogens with one attached hydrogen (secondary N) is 1. The van der Waals surface area contributed by atoms with Crippen LogP contribution in [0.25, 0.3) is 0 Å². The zero-order valence-electron chi connectivity index (χ0n) is 10.1. The second-order valence-electron chi connectivity index (χ2n) is 3.73. The summed E-state index contributed by atoms with van der Waals surface area (Å²) in [5.41, 5.74) is 1.04. The van der Waals surface area contributed by atoms with Gasteiger partial charge in [-0.15, -0.1) is 0 Å². The molecule has 1 N–H and O–H groups in total. The normalized spacial score (nSPS) is 12.2. The fourth-order valence-electron chi connectivity index (χ4n) is 1.49. The van der Waals surface area contributed by atoms with E-state index >= 15 is 0 Å². The summed E-state index contributed by atoms with van der Waals surface area (Å²) in [5, 5.41) is 3.18. The summed E-state index contributed by atoms with van der Waals surface area (Å²) < 4.78 is 5.55. The van der Waals surface area contributed by atoms with Crippen molar-refractivity contribution in [3.63, 3.8) is 0 Å². The van der Waals surface area contributed by atoms with E-state index in [0.717, 1.165) is 23.0 Å². The number of esters is 1. The van der Waals surface area contributed by atoms with Crippen LogP contribution in [0.1, 0.15) is 25.3 Å². The average Bonchev–Trinajstić information content (AvgIpc) is 2.35. The topological polar surface area (TPSA) is 51.2 Å². The molecule has 5 heteroatoms. The van der Waals surface area contributed by atoms with Gasteiger partial charge in [0.05, 0.1) is 7.11 Å². The molecule has 0 aliphatic rings. The van der Waals surface area contributed by atoms with E-state index in [1.807, 2.05) is 19.1 Å². The lowest BCUT2D eigenvalue weighted by Crippen LogP contribution is -2.37. The Kier molecular flexibility index (Phi) is 6.15. The van der Waals surface area contributed by atoms with Crippen LogP contribution in [0.4, 0.5) is 0 Å². The first kappa shape index (κ1) is 14.1. The van der Waals surface area contributed by atoms with Crippen molar-refractivity contribution in [2.24, 2.45) is 0 Å². The molecule has 0 unspecified atom stereocenters. The Morgan fingerprint density at radius 1 is 1.59 bits per heavy atom. The van der Waals surface area contributed by atoms with Gasteiger partial charge in [0.2, 0.25) is 0 Å². The van der Waals surface area contributed by atoms with Crippen LogP contribution in [-0.2, 0) is 16.1 Å². The van der Waals surface area contributed by atoms with Gasteiger partial charge in [-0.3, -0.25) is 4.79 Å². The Hall–Kier alpha value is -0.940. The molecule has 0 spiro atoms. The van der Waals surface area contributed by atoms with Crippen molar-refractivity contribution in [2.75, 3.05) is 7.11 Å². The van der Waals surface area contributed by atoms with Gasteiger partial charge in [-0.05, 0) is 34.0 Å². The van der Waals surface area contributed by atoms with Crippen LogP contribution in [0.5, 0.6) is 0 Å².